The Morgan fingerprint density at radius 3 is 3.04 bits per heavy atom. The van der Waals surface area contributed by atoms with E-state index in [-0.39, 0.29) is 24.8 Å². The summed E-state index contributed by atoms with van der Waals surface area (Å²) in [4.78, 5) is 13.8. The number of hydrogen-bond donors (Lipinski definition) is 3. The van der Waals surface area contributed by atoms with Gasteiger partial charge in [0, 0.05) is 25.2 Å². The highest BCUT2D eigenvalue weighted by molar-refractivity contribution is 5.78. The fourth-order valence-electron chi connectivity index (χ4n) is 2.74. The Morgan fingerprint density at radius 2 is 2.30 bits per heavy atom. The number of amides is 1. The summed E-state index contributed by atoms with van der Waals surface area (Å²) in [6.07, 6.45) is 1.97. The minimum absolute atomic E-state index is 0.146. The zero-order chi connectivity index (χ0) is 16.3. The molecule has 0 aliphatic carbocycles. The van der Waals surface area contributed by atoms with E-state index < -0.39 is 5.60 Å². The molecule has 0 radical (unpaired) electrons. The Kier molecular flexibility index (Phi) is 4.35. The van der Waals surface area contributed by atoms with Gasteiger partial charge in [0.15, 0.2) is 0 Å². The number of H-pyrrole nitrogens is 1. The molecule has 23 heavy (non-hydrogen) atoms. The minimum atomic E-state index is -1.08. The van der Waals surface area contributed by atoms with Gasteiger partial charge in [-0.2, -0.15) is 15.4 Å². The second-order valence-corrected chi connectivity index (χ2v) is 5.72. The largest absolute Gasteiger partial charge is 0.382 e. The summed E-state index contributed by atoms with van der Waals surface area (Å²) >= 11 is 0. The number of likely N-dealkylation sites (tertiary alicyclic amines) is 1. The molecule has 7 nitrogen and oxygen atoms in total. The number of benzene rings is 1. The van der Waals surface area contributed by atoms with Gasteiger partial charge in [-0.25, -0.2) is 4.39 Å². The second-order valence-electron chi connectivity index (χ2n) is 5.72. The van der Waals surface area contributed by atoms with Crippen LogP contribution in [0.15, 0.2) is 30.5 Å². The van der Waals surface area contributed by atoms with Crippen LogP contribution in [0.1, 0.15) is 17.7 Å². The Morgan fingerprint density at radius 1 is 1.48 bits per heavy atom. The van der Waals surface area contributed by atoms with Crippen molar-refractivity contribution in [3.63, 3.8) is 0 Å². The minimum Gasteiger partial charge on any atom is -0.382 e. The predicted octanol–water partition coefficient (Wildman–Crippen LogP) is 0.154. The van der Waals surface area contributed by atoms with E-state index in [9.17, 15) is 14.3 Å². The first-order chi connectivity index (χ1) is 11.1. The van der Waals surface area contributed by atoms with Gasteiger partial charge >= 0.3 is 0 Å². The van der Waals surface area contributed by atoms with Gasteiger partial charge in [0.2, 0.25) is 5.91 Å². The number of aliphatic hydroxyl groups is 1. The summed E-state index contributed by atoms with van der Waals surface area (Å²) in [6.45, 7) is 1.19. The summed E-state index contributed by atoms with van der Waals surface area (Å²) < 4.78 is 13.5. The van der Waals surface area contributed by atoms with E-state index in [1.807, 2.05) is 4.90 Å². The maximum absolute atomic E-state index is 13.5. The number of hydrogen-bond acceptors (Lipinski definition) is 5. The first kappa shape index (κ1) is 15.6. The molecule has 122 valence electrons. The zero-order valence-electron chi connectivity index (χ0n) is 12.5. The molecule has 1 aromatic heterocycles. The molecule has 0 bridgehead atoms. The fourth-order valence-corrected chi connectivity index (χ4v) is 2.74. The van der Waals surface area contributed by atoms with Crippen molar-refractivity contribution in [1.29, 1.82) is 0 Å². The first-order valence-electron chi connectivity index (χ1n) is 7.38. The van der Waals surface area contributed by atoms with E-state index in [0.717, 1.165) is 0 Å². The van der Waals surface area contributed by atoms with Crippen LogP contribution >= 0.6 is 0 Å². The lowest BCUT2D eigenvalue weighted by molar-refractivity contribution is -0.122. The molecule has 1 atom stereocenters. The molecule has 3 rings (SSSR count). The van der Waals surface area contributed by atoms with E-state index in [1.54, 1.807) is 18.2 Å². The van der Waals surface area contributed by atoms with Crippen molar-refractivity contribution in [1.82, 2.24) is 25.6 Å². The highest BCUT2D eigenvalue weighted by atomic mass is 19.1. The zero-order valence-corrected chi connectivity index (χ0v) is 12.5. The predicted molar refractivity (Wildman–Crippen MR) is 79.6 cm³/mol. The lowest BCUT2D eigenvalue weighted by Gasteiger charge is -2.20. The lowest BCUT2D eigenvalue weighted by atomic mass is 10.0. The van der Waals surface area contributed by atoms with Crippen LogP contribution in [0.25, 0.3) is 0 Å². The van der Waals surface area contributed by atoms with Crippen LogP contribution in [0.5, 0.6) is 0 Å². The molecule has 1 aliphatic rings. The number of β-amino-alcohol motifs (C(OH)–C–C–N with tert-alkyl or cyclic N) is 1. The summed E-state index contributed by atoms with van der Waals surface area (Å²) in [5, 5.41) is 23.3. The maximum atomic E-state index is 13.5. The number of nitrogens with one attached hydrogen (secondary N) is 2. The van der Waals surface area contributed by atoms with Crippen LogP contribution in [-0.4, -0.2) is 51.0 Å². The molecule has 1 aliphatic heterocycles. The molecule has 1 aromatic carbocycles. The third-order valence-corrected chi connectivity index (χ3v) is 4.02. The molecule has 2 aromatic rings. The molecular formula is C15H18FN5O2. The monoisotopic (exact) mass is 319 g/mol. The van der Waals surface area contributed by atoms with Crippen molar-refractivity contribution in [3.8, 4) is 0 Å². The Balaban J connectivity index is 1.50. The number of carbonyl (C=O) groups excluding carboxylic acids is 1. The molecule has 0 saturated carbocycles. The van der Waals surface area contributed by atoms with Gasteiger partial charge in [-0.3, -0.25) is 9.69 Å². The van der Waals surface area contributed by atoms with Gasteiger partial charge in [0.25, 0.3) is 0 Å². The third kappa shape index (κ3) is 3.54. The van der Waals surface area contributed by atoms with Crippen LogP contribution in [0.3, 0.4) is 0 Å². The van der Waals surface area contributed by atoms with Gasteiger partial charge in [0.1, 0.15) is 17.1 Å². The Hall–Kier alpha value is -2.32. The fraction of sp³-hybridized carbons (Fsp3) is 0.400. The van der Waals surface area contributed by atoms with Crippen molar-refractivity contribution < 1.29 is 14.3 Å². The van der Waals surface area contributed by atoms with E-state index in [4.69, 9.17) is 0 Å². The summed E-state index contributed by atoms with van der Waals surface area (Å²) in [5.74, 6) is -0.549. The van der Waals surface area contributed by atoms with Crippen molar-refractivity contribution in [2.75, 3.05) is 19.6 Å². The quantitative estimate of drug-likeness (QED) is 0.729. The SMILES string of the molecule is O=C(CN1CCC(O)(c2cn[nH]n2)C1)NCc1ccccc1F. The molecule has 0 spiro atoms. The van der Waals surface area contributed by atoms with Crippen LogP contribution in [0.4, 0.5) is 4.39 Å². The van der Waals surface area contributed by atoms with E-state index >= 15 is 0 Å². The number of aromatic nitrogens is 3. The van der Waals surface area contributed by atoms with Crippen molar-refractivity contribution in [2.45, 2.75) is 18.6 Å². The average molecular weight is 319 g/mol. The maximum Gasteiger partial charge on any atom is 0.234 e. The molecule has 1 saturated heterocycles. The second kappa shape index (κ2) is 6.43. The lowest BCUT2D eigenvalue weighted by Crippen LogP contribution is -2.38. The van der Waals surface area contributed by atoms with Gasteiger partial charge < -0.3 is 10.4 Å². The molecule has 3 N–H and O–H groups in total. The Labute approximate surface area is 132 Å². The summed E-state index contributed by atoms with van der Waals surface area (Å²) in [5.41, 5.74) is -0.160. The highest BCUT2D eigenvalue weighted by Gasteiger charge is 2.40. The average Bonchev–Trinajstić information content (AvgIpc) is 3.17. The highest BCUT2D eigenvalue weighted by Crippen LogP contribution is 2.29. The molecule has 1 fully saturated rings. The van der Waals surface area contributed by atoms with Gasteiger partial charge in [-0.15, -0.1) is 0 Å². The van der Waals surface area contributed by atoms with Crippen molar-refractivity contribution in [3.05, 3.63) is 47.5 Å². The summed E-state index contributed by atoms with van der Waals surface area (Å²) in [7, 11) is 0. The van der Waals surface area contributed by atoms with Crippen molar-refractivity contribution >= 4 is 5.91 Å². The van der Waals surface area contributed by atoms with Crippen LogP contribution in [-0.2, 0) is 16.9 Å². The number of rotatable bonds is 5. The molecule has 2 heterocycles. The van der Waals surface area contributed by atoms with E-state index in [1.165, 1.54) is 12.3 Å². The van der Waals surface area contributed by atoms with E-state index in [0.29, 0.717) is 30.8 Å². The van der Waals surface area contributed by atoms with Crippen LogP contribution in [0.2, 0.25) is 0 Å². The number of halogens is 1. The van der Waals surface area contributed by atoms with Crippen LogP contribution < -0.4 is 5.32 Å². The number of carbonyl (C=O) groups is 1. The molecule has 1 amide bonds. The van der Waals surface area contributed by atoms with E-state index in [2.05, 4.69) is 20.7 Å². The number of aromatic amines is 1. The van der Waals surface area contributed by atoms with Gasteiger partial charge in [0.05, 0.1) is 12.7 Å². The van der Waals surface area contributed by atoms with Crippen LogP contribution in [0, 0.1) is 5.82 Å². The Bertz CT molecular complexity index is 678. The van der Waals surface area contributed by atoms with Gasteiger partial charge in [-0.05, 0) is 12.5 Å². The topological polar surface area (TPSA) is 94.1 Å². The summed E-state index contributed by atoms with van der Waals surface area (Å²) in [6, 6.07) is 6.33. The third-order valence-electron chi connectivity index (χ3n) is 4.02. The molecular weight excluding hydrogens is 301 g/mol. The van der Waals surface area contributed by atoms with Gasteiger partial charge in [-0.1, -0.05) is 18.2 Å². The first-order valence-corrected chi connectivity index (χ1v) is 7.38. The normalized spacial score (nSPS) is 21.5. The smallest absolute Gasteiger partial charge is 0.234 e. The number of nitrogens with zero attached hydrogens (tertiary/aromatic N) is 3. The molecule has 8 heteroatoms. The standard InChI is InChI=1S/C15H18FN5O2/c16-12-4-2-1-3-11(12)7-17-14(22)9-21-6-5-15(23,10-21)13-8-18-20-19-13/h1-4,8,23H,5-7,9-10H2,(H,17,22)(H,18,19,20). The van der Waals surface area contributed by atoms with Crippen molar-refractivity contribution in [2.24, 2.45) is 0 Å². The molecule has 1 unspecified atom stereocenters.